The Balaban J connectivity index is 0.753. The zero-order valence-electron chi connectivity index (χ0n) is 34.7. The summed E-state index contributed by atoms with van der Waals surface area (Å²) in [6.07, 6.45) is 2.56. The normalized spacial score (nSPS) is 17.3. The van der Waals surface area contributed by atoms with Crippen LogP contribution in [-0.2, 0) is 55.6 Å². The van der Waals surface area contributed by atoms with Gasteiger partial charge in [-0.1, -0.05) is 78.9 Å². The van der Waals surface area contributed by atoms with Gasteiger partial charge in [0.25, 0.3) is 0 Å². The summed E-state index contributed by atoms with van der Waals surface area (Å²) in [7, 11) is 2.01. The second-order valence-corrected chi connectivity index (χ2v) is 16.8. The quantitative estimate of drug-likeness (QED) is 0.121. The Labute approximate surface area is 353 Å². The average Bonchev–Trinajstić information content (AvgIpc) is 3.65. The number of ether oxygens (including phenoxy) is 3. The molecule has 0 spiro atoms. The van der Waals surface area contributed by atoms with Crippen molar-refractivity contribution in [1.82, 2.24) is 24.3 Å². The third-order valence-corrected chi connectivity index (χ3v) is 12.4. The van der Waals surface area contributed by atoms with Gasteiger partial charge in [0.1, 0.15) is 18.5 Å². The standard InChI is InChI=1S/C50H57N5O5/c1-52-35-51-49-16-15-39(26-50(49)52)38-5-2-8-44(25-38)60-34-43(57)31-55-20-18-46-41(29-55)7-4-10-48(46)47-9-3-6-40-28-54(19-17-45(40)47)30-42(56)33-59-32-37-13-11-36(12-14-37)27-53-21-23-58-24-22-53/h2-16,25-26,35,42-43,56-57H,17-24,27-34H2,1H3. The van der Waals surface area contributed by atoms with Crippen LogP contribution in [0.25, 0.3) is 33.3 Å². The molecule has 0 bridgehead atoms. The minimum Gasteiger partial charge on any atom is -0.491 e. The van der Waals surface area contributed by atoms with E-state index in [-0.39, 0.29) is 6.61 Å². The van der Waals surface area contributed by atoms with E-state index in [2.05, 4.69) is 98.5 Å². The molecule has 1 fully saturated rings. The van der Waals surface area contributed by atoms with Gasteiger partial charge < -0.3 is 29.0 Å². The van der Waals surface area contributed by atoms with Crippen molar-refractivity contribution in [1.29, 1.82) is 0 Å². The molecule has 312 valence electrons. The van der Waals surface area contributed by atoms with Crippen LogP contribution < -0.4 is 4.74 Å². The lowest BCUT2D eigenvalue weighted by atomic mass is 9.85. The van der Waals surface area contributed by atoms with Crippen LogP contribution >= 0.6 is 0 Å². The average molecular weight is 808 g/mol. The molecule has 1 saturated heterocycles. The Kier molecular flexibility index (Phi) is 12.7. The molecule has 2 unspecified atom stereocenters. The van der Waals surface area contributed by atoms with Crippen LogP contribution in [0, 0.1) is 0 Å². The fourth-order valence-electron chi connectivity index (χ4n) is 9.19. The van der Waals surface area contributed by atoms with Gasteiger partial charge in [-0.2, -0.15) is 0 Å². The van der Waals surface area contributed by atoms with E-state index in [0.717, 1.165) is 105 Å². The molecule has 0 saturated carbocycles. The number of imidazole rings is 1. The third-order valence-electron chi connectivity index (χ3n) is 12.4. The first-order valence-electron chi connectivity index (χ1n) is 21.5. The van der Waals surface area contributed by atoms with Gasteiger partial charge in [-0.05, 0) is 92.7 Å². The molecule has 0 radical (unpaired) electrons. The van der Waals surface area contributed by atoms with Gasteiger partial charge in [0.2, 0.25) is 0 Å². The Morgan fingerprint density at radius 1 is 0.667 bits per heavy atom. The molecule has 2 atom stereocenters. The zero-order valence-corrected chi connectivity index (χ0v) is 34.7. The first kappa shape index (κ1) is 40.5. The van der Waals surface area contributed by atoms with Crippen molar-refractivity contribution in [3.8, 4) is 28.0 Å². The highest BCUT2D eigenvalue weighted by Gasteiger charge is 2.25. The van der Waals surface area contributed by atoms with Crippen LogP contribution in [0.15, 0.2) is 109 Å². The highest BCUT2D eigenvalue weighted by atomic mass is 16.5. The first-order valence-corrected chi connectivity index (χ1v) is 21.5. The van der Waals surface area contributed by atoms with E-state index in [1.807, 2.05) is 42.2 Å². The SMILES string of the molecule is Cn1cnc2ccc(-c3cccc(OCC(O)CN4CCc5c(cccc5-c5cccc6c5CCN(CC(O)COCc5ccc(CN7CCOCC7)cc5)C6)C4)c3)cc21. The molecule has 5 aromatic carbocycles. The number of β-amino-alcohol motifs (C(OH)–C–C–N with tert-alkyl or cyclic N) is 2. The predicted molar refractivity (Wildman–Crippen MR) is 236 cm³/mol. The molecule has 10 nitrogen and oxygen atoms in total. The molecule has 0 amide bonds. The number of aliphatic hydroxyl groups is 2. The maximum atomic E-state index is 11.1. The largest absolute Gasteiger partial charge is 0.491 e. The van der Waals surface area contributed by atoms with Crippen molar-refractivity contribution in [3.63, 3.8) is 0 Å². The van der Waals surface area contributed by atoms with E-state index >= 15 is 0 Å². The predicted octanol–water partition coefficient (Wildman–Crippen LogP) is 6.47. The second kappa shape index (κ2) is 18.8. The van der Waals surface area contributed by atoms with Crippen molar-refractivity contribution >= 4 is 11.0 Å². The molecule has 10 heteroatoms. The van der Waals surface area contributed by atoms with Gasteiger partial charge >= 0.3 is 0 Å². The summed E-state index contributed by atoms with van der Waals surface area (Å²) in [6, 6.07) is 36.4. The fourth-order valence-corrected chi connectivity index (χ4v) is 9.19. The minimum atomic E-state index is -0.610. The molecule has 60 heavy (non-hydrogen) atoms. The Morgan fingerprint density at radius 3 is 2.00 bits per heavy atom. The summed E-state index contributed by atoms with van der Waals surface area (Å²) in [4.78, 5) is 11.6. The number of rotatable bonds is 15. The summed E-state index contributed by atoms with van der Waals surface area (Å²) < 4.78 is 19.6. The maximum absolute atomic E-state index is 11.1. The molecular formula is C50H57N5O5. The number of aromatic nitrogens is 2. The molecule has 3 aliphatic rings. The van der Waals surface area contributed by atoms with Crippen molar-refractivity contribution in [2.45, 2.75) is 51.3 Å². The number of benzene rings is 5. The van der Waals surface area contributed by atoms with Crippen LogP contribution in [0.1, 0.15) is 33.4 Å². The van der Waals surface area contributed by atoms with Crippen LogP contribution in [0.5, 0.6) is 5.75 Å². The molecular weight excluding hydrogens is 751 g/mol. The highest BCUT2D eigenvalue weighted by molar-refractivity contribution is 5.82. The van der Waals surface area contributed by atoms with E-state index < -0.39 is 12.2 Å². The number of morpholine rings is 1. The first-order chi connectivity index (χ1) is 29.4. The molecule has 2 N–H and O–H groups in total. The molecule has 9 rings (SSSR count). The highest BCUT2D eigenvalue weighted by Crippen LogP contribution is 2.36. The number of hydrogen-bond acceptors (Lipinski definition) is 9. The molecule has 3 aliphatic heterocycles. The number of aryl methyl sites for hydroxylation is 1. The van der Waals surface area contributed by atoms with E-state index in [1.165, 1.54) is 38.9 Å². The van der Waals surface area contributed by atoms with Gasteiger partial charge in [0, 0.05) is 66.0 Å². The Hall–Kier alpha value is -4.91. The summed E-state index contributed by atoms with van der Waals surface area (Å²) in [5.74, 6) is 0.748. The fraction of sp³-hybridized carbons (Fsp3) is 0.380. The Morgan fingerprint density at radius 2 is 1.30 bits per heavy atom. The second-order valence-electron chi connectivity index (χ2n) is 16.8. The zero-order chi connectivity index (χ0) is 40.8. The lowest BCUT2D eigenvalue weighted by Gasteiger charge is -2.33. The van der Waals surface area contributed by atoms with Gasteiger partial charge in [-0.15, -0.1) is 0 Å². The smallest absolute Gasteiger partial charge is 0.120 e. The van der Waals surface area contributed by atoms with E-state index in [4.69, 9.17) is 14.2 Å². The van der Waals surface area contributed by atoms with Crippen molar-refractivity contribution in [2.24, 2.45) is 7.05 Å². The third kappa shape index (κ3) is 9.66. The Bertz CT molecular complexity index is 2370. The van der Waals surface area contributed by atoms with Crippen LogP contribution in [-0.4, -0.2) is 112 Å². The number of aliphatic hydroxyl groups excluding tert-OH is 2. The minimum absolute atomic E-state index is 0.232. The lowest BCUT2D eigenvalue weighted by molar-refractivity contribution is 0.00774. The van der Waals surface area contributed by atoms with E-state index in [1.54, 1.807) is 0 Å². The molecule has 4 heterocycles. The van der Waals surface area contributed by atoms with Gasteiger partial charge in [0.15, 0.2) is 0 Å². The van der Waals surface area contributed by atoms with Crippen LogP contribution in [0.2, 0.25) is 0 Å². The van der Waals surface area contributed by atoms with Crippen molar-refractivity contribution < 1.29 is 24.4 Å². The summed E-state index contributed by atoms with van der Waals surface area (Å²) in [6.45, 7) is 10.1. The van der Waals surface area contributed by atoms with Crippen molar-refractivity contribution in [2.75, 3.05) is 65.7 Å². The van der Waals surface area contributed by atoms with Gasteiger partial charge in [-0.3, -0.25) is 14.7 Å². The lowest BCUT2D eigenvalue weighted by Crippen LogP contribution is -2.39. The number of fused-ring (bicyclic) bond motifs is 3. The van der Waals surface area contributed by atoms with Crippen LogP contribution in [0.4, 0.5) is 0 Å². The summed E-state index contributed by atoms with van der Waals surface area (Å²) >= 11 is 0. The molecule has 1 aromatic heterocycles. The molecule has 0 aliphatic carbocycles. The van der Waals surface area contributed by atoms with Gasteiger partial charge in [-0.25, -0.2) is 4.98 Å². The van der Waals surface area contributed by atoms with E-state index in [0.29, 0.717) is 26.3 Å². The van der Waals surface area contributed by atoms with Crippen molar-refractivity contribution in [3.05, 3.63) is 143 Å². The summed E-state index contributed by atoms with van der Waals surface area (Å²) in [5.41, 5.74) is 14.8. The van der Waals surface area contributed by atoms with Gasteiger partial charge in [0.05, 0.1) is 49.9 Å². The monoisotopic (exact) mass is 807 g/mol. The van der Waals surface area contributed by atoms with E-state index in [9.17, 15) is 10.2 Å². The topological polar surface area (TPSA) is 95.7 Å². The maximum Gasteiger partial charge on any atom is 0.120 e. The van der Waals surface area contributed by atoms with Crippen LogP contribution in [0.3, 0.4) is 0 Å². The molecule has 6 aromatic rings. The summed E-state index contributed by atoms with van der Waals surface area (Å²) in [5, 5.41) is 22.0. The number of hydrogen-bond donors (Lipinski definition) is 2. The number of nitrogens with zero attached hydrogens (tertiary/aromatic N) is 5.